The summed E-state index contributed by atoms with van der Waals surface area (Å²) in [6.45, 7) is 0.125. The van der Waals surface area contributed by atoms with E-state index in [1.807, 2.05) is 0 Å². The van der Waals surface area contributed by atoms with Gasteiger partial charge in [-0.05, 0) is 55.2 Å². The van der Waals surface area contributed by atoms with E-state index in [0.717, 1.165) is 17.2 Å². The van der Waals surface area contributed by atoms with Gasteiger partial charge in [-0.2, -0.15) is 5.06 Å². The largest absolute Gasteiger partial charge is 0.491 e. The molecule has 2 aromatic rings. The zero-order chi connectivity index (χ0) is 24.9. The van der Waals surface area contributed by atoms with Gasteiger partial charge in [0.25, 0.3) is 0 Å². The minimum absolute atomic E-state index is 0.0866. The van der Waals surface area contributed by atoms with Gasteiger partial charge in [0.2, 0.25) is 0 Å². The zero-order valence-electron chi connectivity index (χ0n) is 18.3. The van der Waals surface area contributed by atoms with E-state index in [2.05, 4.69) is 5.32 Å². The van der Waals surface area contributed by atoms with E-state index in [4.69, 9.17) is 22.1 Å². The number of anilines is 1. The number of ether oxygens (including phenoxy) is 1. The van der Waals surface area contributed by atoms with Gasteiger partial charge in [0, 0.05) is 30.5 Å². The highest BCUT2D eigenvalue weighted by Crippen LogP contribution is 2.31. The molecule has 2 unspecified atom stereocenters. The van der Waals surface area contributed by atoms with E-state index in [0.29, 0.717) is 17.0 Å². The van der Waals surface area contributed by atoms with Gasteiger partial charge in [0.15, 0.2) is 17.4 Å². The van der Waals surface area contributed by atoms with Gasteiger partial charge in [-0.25, -0.2) is 13.6 Å². The SMILES string of the molecule is NC(=O)Nc1cc(Cl)ccc1OCCC(=O)C1(O)CCCN(O)C(Cc2ccc(F)c(F)c2)C1. The van der Waals surface area contributed by atoms with Gasteiger partial charge in [0.1, 0.15) is 11.4 Å². The highest BCUT2D eigenvalue weighted by molar-refractivity contribution is 6.31. The van der Waals surface area contributed by atoms with E-state index in [1.54, 1.807) is 6.07 Å². The second-order valence-electron chi connectivity index (χ2n) is 8.26. The molecule has 1 heterocycles. The Morgan fingerprint density at radius 2 is 2.00 bits per heavy atom. The molecule has 0 saturated carbocycles. The van der Waals surface area contributed by atoms with Gasteiger partial charge < -0.3 is 26.1 Å². The second kappa shape index (κ2) is 11.1. The molecule has 34 heavy (non-hydrogen) atoms. The number of aliphatic hydroxyl groups is 1. The van der Waals surface area contributed by atoms with Crippen molar-refractivity contribution in [1.29, 1.82) is 0 Å². The monoisotopic (exact) mass is 497 g/mol. The number of halogens is 3. The van der Waals surface area contributed by atoms with Crippen molar-refractivity contribution in [3.8, 4) is 5.75 Å². The van der Waals surface area contributed by atoms with Gasteiger partial charge >= 0.3 is 6.03 Å². The molecule has 2 amide bonds. The first kappa shape index (κ1) is 25.8. The molecular weight excluding hydrogens is 472 g/mol. The van der Waals surface area contributed by atoms with Crippen LogP contribution in [0, 0.1) is 11.6 Å². The molecule has 0 radical (unpaired) electrons. The summed E-state index contributed by atoms with van der Waals surface area (Å²) >= 11 is 5.92. The van der Waals surface area contributed by atoms with Crippen LogP contribution in [0.2, 0.25) is 5.02 Å². The normalized spacial score (nSPS) is 21.0. The van der Waals surface area contributed by atoms with Gasteiger partial charge in [-0.15, -0.1) is 0 Å². The number of carbonyl (C=O) groups is 2. The van der Waals surface area contributed by atoms with Crippen LogP contribution in [0.25, 0.3) is 0 Å². The number of amides is 2. The molecule has 11 heteroatoms. The molecular formula is C23H26ClF2N3O5. The van der Waals surface area contributed by atoms with Crippen molar-refractivity contribution in [2.45, 2.75) is 43.7 Å². The van der Waals surface area contributed by atoms with Gasteiger partial charge in [-0.1, -0.05) is 17.7 Å². The molecule has 1 aliphatic rings. The summed E-state index contributed by atoms with van der Waals surface area (Å²) in [5, 5.41) is 25.2. The van der Waals surface area contributed by atoms with E-state index in [1.165, 1.54) is 18.2 Å². The van der Waals surface area contributed by atoms with E-state index in [-0.39, 0.29) is 50.3 Å². The number of Topliss-reactive ketones (excluding diaryl/α,β-unsaturated/α-hetero) is 1. The number of primary amides is 1. The topological polar surface area (TPSA) is 125 Å². The Morgan fingerprint density at radius 1 is 1.24 bits per heavy atom. The van der Waals surface area contributed by atoms with E-state index >= 15 is 0 Å². The third-order valence-corrected chi connectivity index (χ3v) is 5.97. The summed E-state index contributed by atoms with van der Waals surface area (Å²) in [4.78, 5) is 24.1. The average Bonchev–Trinajstić information content (AvgIpc) is 2.90. The summed E-state index contributed by atoms with van der Waals surface area (Å²) < 4.78 is 32.4. The van der Waals surface area contributed by atoms with Crippen molar-refractivity contribution in [2.24, 2.45) is 5.73 Å². The van der Waals surface area contributed by atoms with Crippen molar-refractivity contribution in [2.75, 3.05) is 18.5 Å². The second-order valence-corrected chi connectivity index (χ2v) is 8.70. The lowest BCUT2D eigenvalue weighted by atomic mass is 9.84. The lowest BCUT2D eigenvalue weighted by Gasteiger charge is -2.30. The van der Waals surface area contributed by atoms with Crippen molar-refractivity contribution in [3.05, 3.63) is 58.6 Å². The molecule has 1 aliphatic heterocycles. The lowest BCUT2D eigenvalue weighted by Crippen LogP contribution is -2.44. The number of hydroxylamine groups is 2. The maximum atomic E-state index is 13.6. The maximum absolute atomic E-state index is 13.6. The molecule has 184 valence electrons. The number of benzene rings is 2. The quantitative estimate of drug-likeness (QED) is 0.441. The average molecular weight is 498 g/mol. The summed E-state index contributed by atoms with van der Waals surface area (Å²) in [7, 11) is 0. The number of nitrogens with two attached hydrogens (primary N) is 1. The minimum Gasteiger partial charge on any atom is -0.491 e. The summed E-state index contributed by atoms with van der Waals surface area (Å²) in [5.74, 6) is -2.21. The number of nitrogens with zero attached hydrogens (tertiary/aromatic N) is 1. The zero-order valence-corrected chi connectivity index (χ0v) is 19.0. The van der Waals surface area contributed by atoms with E-state index < -0.39 is 35.1 Å². The fourth-order valence-electron chi connectivity index (χ4n) is 4.03. The molecule has 0 bridgehead atoms. The number of ketones is 1. The summed E-state index contributed by atoms with van der Waals surface area (Å²) in [6.07, 6.45) is 0.381. The van der Waals surface area contributed by atoms with Crippen LogP contribution in [0.1, 0.15) is 31.2 Å². The Labute approximate surface area is 200 Å². The first-order valence-electron chi connectivity index (χ1n) is 10.7. The molecule has 8 nitrogen and oxygen atoms in total. The van der Waals surface area contributed by atoms with Crippen molar-refractivity contribution >= 4 is 29.1 Å². The number of hydrogen-bond acceptors (Lipinski definition) is 6. The highest BCUT2D eigenvalue weighted by atomic mass is 35.5. The Kier molecular flexibility index (Phi) is 8.42. The number of rotatable bonds is 8. The molecule has 2 atom stereocenters. The minimum atomic E-state index is -1.72. The third-order valence-electron chi connectivity index (χ3n) is 5.73. The summed E-state index contributed by atoms with van der Waals surface area (Å²) in [5.41, 5.74) is 4.09. The highest BCUT2D eigenvalue weighted by Gasteiger charge is 2.41. The predicted molar refractivity (Wildman–Crippen MR) is 121 cm³/mol. The first-order chi connectivity index (χ1) is 16.1. The number of hydrogen-bond donors (Lipinski definition) is 4. The maximum Gasteiger partial charge on any atom is 0.316 e. The van der Waals surface area contributed by atoms with Crippen LogP contribution in [0.4, 0.5) is 19.3 Å². The molecule has 0 aromatic heterocycles. The predicted octanol–water partition coefficient (Wildman–Crippen LogP) is 3.66. The molecule has 0 spiro atoms. The van der Waals surface area contributed by atoms with Crippen molar-refractivity contribution < 1.29 is 33.4 Å². The summed E-state index contributed by atoms with van der Waals surface area (Å²) in [6, 6.07) is 6.45. The Balaban J connectivity index is 1.65. The van der Waals surface area contributed by atoms with Crippen LogP contribution in [0.3, 0.4) is 0 Å². The van der Waals surface area contributed by atoms with Crippen LogP contribution in [0.15, 0.2) is 36.4 Å². The van der Waals surface area contributed by atoms with Gasteiger partial charge in [-0.3, -0.25) is 4.79 Å². The molecule has 1 fully saturated rings. The third kappa shape index (κ3) is 6.63. The number of carbonyl (C=O) groups excluding carboxylic acids is 2. The number of urea groups is 1. The lowest BCUT2D eigenvalue weighted by molar-refractivity contribution is -0.148. The van der Waals surface area contributed by atoms with Crippen LogP contribution < -0.4 is 15.8 Å². The molecule has 0 aliphatic carbocycles. The van der Waals surface area contributed by atoms with Crippen molar-refractivity contribution in [3.63, 3.8) is 0 Å². The molecule has 3 rings (SSSR count). The first-order valence-corrected chi connectivity index (χ1v) is 11.1. The van der Waals surface area contributed by atoms with Crippen LogP contribution in [-0.2, 0) is 11.2 Å². The fourth-order valence-corrected chi connectivity index (χ4v) is 4.20. The molecule has 1 saturated heterocycles. The standard InChI is InChI=1S/C23H26ClF2N3O5/c24-15-3-5-20(19(12-15)28-22(27)31)34-9-6-21(30)23(32)7-1-8-29(33)16(13-23)10-14-2-4-17(25)18(26)11-14/h2-5,11-12,16,32-33H,1,6-10,13H2,(H3,27,28,31). The number of nitrogens with one attached hydrogen (secondary N) is 1. The van der Waals surface area contributed by atoms with Crippen LogP contribution in [0.5, 0.6) is 5.75 Å². The van der Waals surface area contributed by atoms with E-state index in [9.17, 15) is 28.7 Å². The van der Waals surface area contributed by atoms with Crippen molar-refractivity contribution in [1.82, 2.24) is 5.06 Å². The Morgan fingerprint density at radius 3 is 2.71 bits per heavy atom. The van der Waals surface area contributed by atoms with Gasteiger partial charge in [0.05, 0.1) is 12.3 Å². The van der Waals surface area contributed by atoms with Crippen LogP contribution >= 0.6 is 11.6 Å². The Hall–Kier alpha value is -2.79. The molecule has 5 N–H and O–H groups in total. The Bertz CT molecular complexity index is 1060. The van der Waals surface area contributed by atoms with Crippen LogP contribution in [-0.4, -0.2) is 52.0 Å². The smallest absolute Gasteiger partial charge is 0.316 e. The fraction of sp³-hybridized carbons (Fsp3) is 0.391. The molecule has 2 aromatic carbocycles.